The zero-order valence-electron chi connectivity index (χ0n) is 12.4. The van der Waals surface area contributed by atoms with Gasteiger partial charge >= 0.3 is 0 Å². The normalized spacial score (nSPS) is 25.8. The summed E-state index contributed by atoms with van der Waals surface area (Å²) in [4.78, 5) is 2.33. The number of benzene rings is 1. The Labute approximate surface area is 122 Å². The van der Waals surface area contributed by atoms with Crippen molar-refractivity contribution < 1.29 is 5.11 Å². The Hall–Kier alpha value is -1.06. The molecular formula is C17H26N2O. The van der Waals surface area contributed by atoms with Gasteiger partial charge < -0.3 is 15.3 Å². The van der Waals surface area contributed by atoms with Crippen molar-refractivity contribution in [2.24, 2.45) is 5.92 Å². The molecule has 2 N–H and O–H groups in total. The molecule has 2 atom stereocenters. The molecule has 0 bridgehead atoms. The van der Waals surface area contributed by atoms with E-state index in [-0.39, 0.29) is 6.10 Å². The molecule has 2 unspecified atom stereocenters. The summed E-state index contributed by atoms with van der Waals surface area (Å²) in [5.41, 5.74) is 4.26. The topological polar surface area (TPSA) is 35.5 Å². The van der Waals surface area contributed by atoms with Gasteiger partial charge in [-0.15, -0.1) is 0 Å². The third-order valence-electron chi connectivity index (χ3n) is 4.79. The van der Waals surface area contributed by atoms with E-state index in [9.17, 15) is 5.11 Å². The highest BCUT2D eigenvalue weighted by Crippen LogP contribution is 2.27. The molecule has 3 heteroatoms. The fourth-order valence-corrected chi connectivity index (χ4v) is 3.60. The zero-order valence-corrected chi connectivity index (χ0v) is 12.4. The van der Waals surface area contributed by atoms with Crippen molar-refractivity contribution in [3.05, 3.63) is 29.3 Å². The van der Waals surface area contributed by atoms with E-state index in [0.29, 0.717) is 5.92 Å². The first-order valence-electron chi connectivity index (χ1n) is 7.94. The quantitative estimate of drug-likeness (QED) is 0.884. The van der Waals surface area contributed by atoms with Gasteiger partial charge in [-0.3, -0.25) is 0 Å². The SMILES string of the molecule is CN1CCc2cc(CNCC3CCCC(O)C3)ccc21. The Morgan fingerprint density at radius 3 is 3.10 bits per heavy atom. The Bertz CT molecular complexity index is 460. The number of aliphatic hydroxyl groups is 1. The van der Waals surface area contributed by atoms with Crippen LogP contribution >= 0.6 is 0 Å². The van der Waals surface area contributed by atoms with Crippen molar-refractivity contribution in [3.8, 4) is 0 Å². The largest absolute Gasteiger partial charge is 0.393 e. The van der Waals surface area contributed by atoms with Gasteiger partial charge in [0.25, 0.3) is 0 Å². The van der Waals surface area contributed by atoms with E-state index in [4.69, 9.17) is 0 Å². The lowest BCUT2D eigenvalue weighted by atomic mass is 9.87. The lowest BCUT2D eigenvalue weighted by Crippen LogP contribution is -2.28. The first-order valence-corrected chi connectivity index (χ1v) is 7.94. The first-order chi connectivity index (χ1) is 9.72. The summed E-state index contributed by atoms with van der Waals surface area (Å²) >= 11 is 0. The van der Waals surface area contributed by atoms with Gasteiger partial charge in [0.1, 0.15) is 0 Å². The minimum absolute atomic E-state index is 0.0638. The molecule has 20 heavy (non-hydrogen) atoms. The molecule has 1 heterocycles. The van der Waals surface area contributed by atoms with E-state index in [1.807, 2.05) is 0 Å². The maximum atomic E-state index is 9.69. The highest BCUT2D eigenvalue weighted by molar-refractivity contribution is 5.58. The van der Waals surface area contributed by atoms with Crippen LogP contribution in [0.4, 0.5) is 5.69 Å². The van der Waals surface area contributed by atoms with Gasteiger partial charge in [-0.05, 0) is 55.3 Å². The third kappa shape index (κ3) is 3.15. The van der Waals surface area contributed by atoms with Crippen molar-refractivity contribution in [1.29, 1.82) is 0 Å². The molecule has 2 aliphatic rings. The second kappa shape index (κ2) is 6.15. The highest BCUT2D eigenvalue weighted by atomic mass is 16.3. The molecule has 0 aromatic heterocycles. The molecule has 1 fully saturated rings. The predicted molar refractivity (Wildman–Crippen MR) is 83.1 cm³/mol. The lowest BCUT2D eigenvalue weighted by molar-refractivity contribution is 0.101. The van der Waals surface area contributed by atoms with Crippen LogP contribution in [0, 0.1) is 5.92 Å². The van der Waals surface area contributed by atoms with Gasteiger partial charge in [-0.1, -0.05) is 18.6 Å². The van der Waals surface area contributed by atoms with E-state index in [1.165, 1.54) is 36.1 Å². The van der Waals surface area contributed by atoms with E-state index < -0.39 is 0 Å². The average Bonchev–Trinajstić information content (AvgIpc) is 2.80. The van der Waals surface area contributed by atoms with E-state index >= 15 is 0 Å². The zero-order chi connectivity index (χ0) is 13.9. The second-order valence-electron chi connectivity index (χ2n) is 6.45. The molecule has 1 aliphatic carbocycles. The molecule has 0 spiro atoms. The molecule has 1 saturated carbocycles. The van der Waals surface area contributed by atoms with Crippen LogP contribution in [0.1, 0.15) is 36.8 Å². The summed E-state index contributed by atoms with van der Waals surface area (Å²) in [6.07, 6.45) is 5.52. The number of nitrogens with one attached hydrogen (secondary N) is 1. The summed E-state index contributed by atoms with van der Waals surface area (Å²) < 4.78 is 0. The Morgan fingerprint density at radius 1 is 1.35 bits per heavy atom. The number of likely N-dealkylation sites (N-methyl/N-ethyl adjacent to an activating group) is 1. The monoisotopic (exact) mass is 274 g/mol. The molecule has 0 saturated heterocycles. The molecule has 1 aromatic rings. The van der Waals surface area contributed by atoms with Crippen molar-refractivity contribution in [3.63, 3.8) is 0 Å². The molecule has 1 aliphatic heterocycles. The number of rotatable bonds is 4. The molecule has 0 radical (unpaired) electrons. The molecule has 1 aromatic carbocycles. The van der Waals surface area contributed by atoms with E-state index in [0.717, 1.165) is 32.5 Å². The van der Waals surface area contributed by atoms with Gasteiger partial charge in [-0.2, -0.15) is 0 Å². The van der Waals surface area contributed by atoms with Gasteiger partial charge in [-0.25, -0.2) is 0 Å². The van der Waals surface area contributed by atoms with Crippen LogP contribution in [0.3, 0.4) is 0 Å². The number of fused-ring (bicyclic) bond motifs is 1. The van der Waals surface area contributed by atoms with Crippen molar-refractivity contribution in [2.75, 3.05) is 25.0 Å². The Morgan fingerprint density at radius 2 is 2.25 bits per heavy atom. The Kier molecular flexibility index (Phi) is 4.27. The molecule has 3 nitrogen and oxygen atoms in total. The smallest absolute Gasteiger partial charge is 0.0543 e. The minimum Gasteiger partial charge on any atom is -0.393 e. The number of anilines is 1. The summed E-state index contributed by atoms with van der Waals surface area (Å²) in [5.74, 6) is 0.652. The summed E-state index contributed by atoms with van der Waals surface area (Å²) in [6, 6.07) is 6.84. The maximum Gasteiger partial charge on any atom is 0.0543 e. The molecule has 0 amide bonds. The van der Waals surface area contributed by atoms with Gasteiger partial charge in [0, 0.05) is 25.8 Å². The van der Waals surface area contributed by atoms with Gasteiger partial charge in [0.05, 0.1) is 6.10 Å². The van der Waals surface area contributed by atoms with Crippen LogP contribution in [0.2, 0.25) is 0 Å². The second-order valence-corrected chi connectivity index (χ2v) is 6.45. The predicted octanol–water partition coefficient (Wildman–Crippen LogP) is 2.32. The van der Waals surface area contributed by atoms with E-state index in [2.05, 4.69) is 35.5 Å². The number of hydrogen-bond donors (Lipinski definition) is 2. The third-order valence-corrected chi connectivity index (χ3v) is 4.79. The highest BCUT2D eigenvalue weighted by Gasteiger charge is 2.20. The maximum absolute atomic E-state index is 9.69. The summed E-state index contributed by atoms with van der Waals surface area (Å²) in [7, 11) is 2.16. The van der Waals surface area contributed by atoms with Crippen molar-refractivity contribution in [2.45, 2.75) is 44.8 Å². The average molecular weight is 274 g/mol. The number of nitrogens with zero attached hydrogens (tertiary/aromatic N) is 1. The van der Waals surface area contributed by atoms with Crippen LogP contribution < -0.4 is 10.2 Å². The summed E-state index contributed by atoms with van der Waals surface area (Å²) in [5, 5.41) is 13.3. The number of hydrogen-bond acceptors (Lipinski definition) is 3. The lowest BCUT2D eigenvalue weighted by Gasteiger charge is -2.26. The van der Waals surface area contributed by atoms with E-state index in [1.54, 1.807) is 0 Å². The standard InChI is InChI=1S/C17H26N2O/c1-19-8-7-15-9-14(5-6-17(15)19)12-18-11-13-3-2-4-16(20)10-13/h5-6,9,13,16,18,20H,2-4,7-8,10-12H2,1H3. The van der Waals surface area contributed by atoms with Crippen LogP contribution in [0.15, 0.2) is 18.2 Å². The van der Waals surface area contributed by atoms with Crippen LogP contribution in [-0.2, 0) is 13.0 Å². The van der Waals surface area contributed by atoms with Gasteiger partial charge in [0.15, 0.2) is 0 Å². The number of aliphatic hydroxyl groups excluding tert-OH is 1. The van der Waals surface area contributed by atoms with Crippen molar-refractivity contribution in [1.82, 2.24) is 5.32 Å². The van der Waals surface area contributed by atoms with Crippen LogP contribution in [0.5, 0.6) is 0 Å². The first kappa shape index (κ1) is 13.9. The summed E-state index contributed by atoms with van der Waals surface area (Å²) in [6.45, 7) is 3.13. The van der Waals surface area contributed by atoms with Crippen molar-refractivity contribution >= 4 is 5.69 Å². The van der Waals surface area contributed by atoms with Gasteiger partial charge in [0.2, 0.25) is 0 Å². The van der Waals surface area contributed by atoms with Crippen LogP contribution in [0.25, 0.3) is 0 Å². The van der Waals surface area contributed by atoms with Crippen LogP contribution in [-0.4, -0.2) is 31.3 Å². The molecule has 110 valence electrons. The fourth-order valence-electron chi connectivity index (χ4n) is 3.60. The molecular weight excluding hydrogens is 248 g/mol. The molecule has 3 rings (SSSR count). The minimum atomic E-state index is -0.0638. The fraction of sp³-hybridized carbons (Fsp3) is 0.647. The Balaban J connectivity index is 1.49.